The van der Waals surface area contributed by atoms with Crippen LogP contribution in [-0.2, 0) is 4.74 Å². The molecule has 18 heavy (non-hydrogen) atoms. The van der Waals surface area contributed by atoms with Crippen molar-refractivity contribution in [2.45, 2.75) is 37.7 Å². The van der Waals surface area contributed by atoms with E-state index in [2.05, 4.69) is 4.74 Å². The number of phenols is 1. The Hall–Kier alpha value is -1.71. The first kappa shape index (κ1) is 11.4. The fourth-order valence-corrected chi connectivity index (χ4v) is 3.05. The van der Waals surface area contributed by atoms with Gasteiger partial charge in [-0.1, -0.05) is 6.42 Å². The Labute approximate surface area is 106 Å². The van der Waals surface area contributed by atoms with Crippen LogP contribution in [0, 0.1) is 0 Å². The predicted molar refractivity (Wildman–Crippen MR) is 65.1 cm³/mol. The summed E-state index contributed by atoms with van der Waals surface area (Å²) in [7, 11) is 1.33. The summed E-state index contributed by atoms with van der Waals surface area (Å²) in [6.45, 7) is 0. The van der Waals surface area contributed by atoms with E-state index in [9.17, 15) is 9.90 Å². The van der Waals surface area contributed by atoms with Crippen LogP contribution in [0.3, 0.4) is 0 Å². The summed E-state index contributed by atoms with van der Waals surface area (Å²) in [6, 6.07) is 3.16. The second kappa shape index (κ2) is 4.19. The highest BCUT2D eigenvalue weighted by Gasteiger charge is 2.38. The highest BCUT2D eigenvalue weighted by molar-refractivity contribution is 5.90. The van der Waals surface area contributed by atoms with Crippen molar-refractivity contribution in [2.24, 2.45) is 0 Å². The molecule has 4 heteroatoms. The minimum absolute atomic E-state index is 0.155. The number of phenolic OH excluding ortho intramolecular Hbond substituents is 1. The first-order valence-corrected chi connectivity index (χ1v) is 6.32. The van der Waals surface area contributed by atoms with Crippen LogP contribution in [0.25, 0.3) is 0 Å². The summed E-state index contributed by atoms with van der Waals surface area (Å²) >= 11 is 0. The van der Waals surface area contributed by atoms with Gasteiger partial charge in [0.25, 0.3) is 0 Å². The molecule has 1 aliphatic carbocycles. The lowest BCUT2D eigenvalue weighted by Crippen LogP contribution is -2.22. The Kier molecular flexibility index (Phi) is 2.65. The number of ether oxygens (including phenoxy) is 2. The largest absolute Gasteiger partial charge is 0.507 e. The number of methoxy groups -OCH3 is 1. The van der Waals surface area contributed by atoms with Gasteiger partial charge in [-0.25, -0.2) is 4.79 Å². The van der Waals surface area contributed by atoms with Crippen molar-refractivity contribution in [3.05, 3.63) is 23.3 Å². The van der Waals surface area contributed by atoms with E-state index in [4.69, 9.17) is 4.74 Å². The number of rotatable bonds is 1. The van der Waals surface area contributed by atoms with E-state index in [-0.39, 0.29) is 17.8 Å². The molecule has 0 spiro atoms. The third-order valence-electron chi connectivity index (χ3n) is 3.89. The third kappa shape index (κ3) is 1.64. The molecule has 2 unspecified atom stereocenters. The Morgan fingerprint density at radius 3 is 2.94 bits per heavy atom. The van der Waals surface area contributed by atoms with E-state index >= 15 is 0 Å². The highest BCUT2D eigenvalue weighted by atomic mass is 16.5. The van der Waals surface area contributed by atoms with Gasteiger partial charge < -0.3 is 14.6 Å². The van der Waals surface area contributed by atoms with E-state index in [1.165, 1.54) is 26.0 Å². The van der Waals surface area contributed by atoms with Crippen molar-refractivity contribution in [1.29, 1.82) is 0 Å². The minimum Gasteiger partial charge on any atom is -0.507 e. The molecule has 96 valence electrons. The Balaban J connectivity index is 2.02. The van der Waals surface area contributed by atoms with Gasteiger partial charge in [0.15, 0.2) is 0 Å². The molecule has 1 aromatic carbocycles. The van der Waals surface area contributed by atoms with Crippen LogP contribution in [0.15, 0.2) is 12.1 Å². The fourth-order valence-electron chi connectivity index (χ4n) is 3.05. The molecule has 2 aliphatic rings. The van der Waals surface area contributed by atoms with Crippen LogP contribution >= 0.6 is 0 Å². The number of benzene rings is 1. The highest BCUT2D eigenvalue weighted by Crippen LogP contribution is 2.49. The zero-order valence-corrected chi connectivity index (χ0v) is 10.3. The number of hydrogen-bond acceptors (Lipinski definition) is 4. The lowest BCUT2D eigenvalue weighted by atomic mass is 9.83. The van der Waals surface area contributed by atoms with Crippen LogP contribution in [0.1, 0.15) is 47.5 Å². The molecule has 1 heterocycles. The van der Waals surface area contributed by atoms with Crippen LogP contribution in [0.4, 0.5) is 0 Å². The number of carbonyl (C=O) groups excluding carboxylic acids is 1. The van der Waals surface area contributed by atoms with E-state index < -0.39 is 5.97 Å². The molecule has 0 aromatic heterocycles. The summed E-state index contributed by atoms with van der Waals surface area (Å²) in [5, 5.41) is 10.1. The van der Waals surface area contributed by atoms with Crippen molar-refractivity contribution >= 4 is 5.97 Å². The maximum atomic E-state index is 11.5. The van der Waals surface area contributed by atoms with Gasteiger partial charge in [0.1, 0.15) is 17.6 Å². The molecule has 3 rings (SSSR count). The first-order chi connectivity index (χ1) is 8.70. The SMILES string of the molecule is COC(=O)c1cc(O)c2c(c1)OC1CCCCC21. The average Bonchev–Trinajstić information content (AvgIpc) is 2.76. The summed E-state index contributed by atoms with van der Waals surface area (Å²) < 4.78 is 10.5. The Morgan fingerprint density at radius 2 is 2.17 bits per heavy atom. The van der Waals surface area contributed by atoms with E-state index in [0.29, 0.717) is 11.3 Å². The molecule has 0 radical (unpaired) electrons. The molecule has 0 bridgehead atoms. The van der Waals surface area contributed by atoms with E-state index in [1.807, 2.05) is 0 Å². The summed E-state index contributed by atoms with van der Waals surface area (Å²) in [4.78, 5) is 11.5. The fraction of sp³-hybridized carbons (Fsp3) is 0.500. The lowest BCUT2D eigenvalue weighted by Gasteiger charge is -2.23. The smallest absolute Gasteiger partial charge is 0.338 e. The lowest BCUT2D eigenvalue weighted by molar-refractivity contribution is 0.0599. The van der Waals surface area contributed by atoms with Gasteiger partial charge in [-0.05, 0) is 31.4 Å². The van der Waals surface area contributed by atoms with Gasteiger partial charge in [0.2, 0.25) is 0 Å². The number of carbonyl (C=O) groups is 1. The van der Waals surface area contributed by atoms with E-state index in [0.717, 1.165) is 18.4 Å². The molecule has 1 aliphatic heterocycles. The van der Waals surface area contributed by atoms with Crippen molar-refractivity contribution in [3.63, 3.8) is 0 Å². The van der Waals surface area contributed by atoms with Crippen LogP contribution in [0.2, 0.25) is 0 Å². The van der Waals surface area contributed by atoms with Gasteiger partial charge in [-0.2, -0.15) is 0 Å². The van der Waals surface area contributed by atoms with Gasteiger partial charge in [0, 0.05) is 11.5 Å². The van der Waals surface area contributed by atoms with Crippen LogP contribution in [0.5, 0.6) is 11.5 Å². The zero-order chi connectivity index (χ0) is 12.7. The summed E-state index contributed by atoms with van der Waals surface area (Å²) in [6.07, 6.45) is 4.56. The monoisotopic (exact) mass is 248 g/mol. The molecule has 1 saturated carbocycles. The molecule has 4 nitrogen and oxygen atoms in total. The molecule has 0 saturated heterocycles. The Morgan fingerprint density at radius 1 is 1.39 bits per heavy atom. The van der Waals surface area contributed by atoms with Crippen molar-refractivity contribution in [2.75, 3.05) is 7.11 Å². The Bertz CT molecular complexity index is 495. The van der Waals surface area contributed by atoms with E-state index in [1.54, 1.807) is 6.07 Å². The van der Waals surface area contributed by atoms with Gasteiger partial charge in [-0.15, -0.1) is 0 Å². The second-order valence-electron chi connectivity index (χ2n) is 4.95. The molecule has 0 amide bonds. The third-order valence-corrected chi connectivity index (χ3v) is 3.89. The zero-order valence-electron chi connectivity index (χ0n) is 10.3. The normalized spacial score (nSPS) is 24.9. The topological polar surface area (TPSA) is 55.8 Å². The maximum Gasteiger partial charge on any atom is 0.338 e. The number of hydrogen-bond donors (Lipinski definition) is 1. The van der Waals surface area contributed by atoms with Crippen molar-refractivity contribution in [1.82, 2.24) is 0 Å². The molecular formula is C14H16O4. The maximum absolute atomic E-state index is 11.5. The quantitative estimate of drug-likeness (QED) is 0.776. The number of aromatic hydroxyl groups is 1. The van der Waals surface area contributed by atoms with Crippen LogP contribution in [-0.4, -0.2) is 24.3 Å². The van der Waals surface area contributed by atoms with Crippen LogP contribution < -0.4 is 4.74 Å². The van der Waals surface area contributed by atoms with Crippen molar-refractivity contribution in [3.8, 4) is 11.5 Å². The molecule has 1 aromatic rings. The second-order valence-corrected chi connectivity index (χ2v) is 4.95. The molecule has 1 N–H and O–H groups in total. The van der Waals surface area contributed by atoms with Gasteiger partial charge in [-0.3, -0.25) is 0 Å². The number of esters is 1. The molecule has 2 atom stereocenters. The van der Waals surface area contributed by atoms with Gasteiger partial charge in [0.05, 0.1) is 12.7 Å². The average molecular weight is 248 g/mol. The summed E-state index contributed by atoms with van der Waals surface area (Å²) in [5.41, 5.74) is 1.21. The van der Waals surface area contributed by atoms with Crippen molar-refractivity contribution < 1.29 is 19.4 Å². The minimum atomic E-state index is -0.452. The first-order valence-electron chi connectivity index (χ1n) is 6.32. The molecular weight excluding hydrogens is 232 g/mol. The number of fused-ring (bicyclic) bond motifs is 3. The van der Waals surface area contributed by atoms with Gasteiger partial charge >= 0.3 is 5.97 Å². The standard InChI is InChI=1S/C14H16O4/c1-17-14(16)8-6-10(15)13-9-4-2-3-5-11(9)18-12(13)7-8/h6-7,9,11,15H,2-5H2,1H3. The summed E-state index contributed by atoms with van der Waals surface area (Å²) in [5.74, 6) is 0.626. The predicted octanol–water partition coefficient (Wildman–Crippen LogP) is 2.60. The molecule has 1 fully saturated rings.